The van der Waals surface area contributed by atoms with Crippen LogP contribution in [-0.4, -0.2) is 30.0 Å². The van der Waals surface area contributed by atoms with Gasteiger partial charge in [0, 0.05) is 30.8 Å². The first kappa shape index (κ1) is 9.52. The molecule has 0 spiro atoms. The number of H-pyrrole nitrogens is 1. The van der Waals surface area contributed by atoms with E-state index in [1.807, 2.05) is 0 Å². The van der Waals surface area contributed by atoms with E-state index in [1.54, 1.807) is 0 Å². The molecule has 78 valence electrons. The van der Waals surface area contributed by atoms with E-state index in [2.05, 4.69) is 28.5 Å². The summed E-state index contributed by atoms with van der Waals surface area (Å²) in [6.07, 6.45) is 2.23. The molecule has 1 atom stereocenters. The fourth-order valence-corrected chi connectivity index (χ4v) is 1.67. The number of hydrogen-bond acceptors (Lipinski definition) is 3. The number of nitrogens with one attached hydrogen (secondary N) is 2. The van der Waals surface area contributed by atoms with Crippen molar-refractivity contribution in [2.45, 2.75) is 25.7 Å². The molecule has 4 nitrogen and oxygen atoms in total. The molecule has 0 bridgehead atoms. The van der Waals surface area contributed by atoms with Crippen LogP contribution < -0.4 is 5.32 Å². The number of anilines is 1. The average Bonchev–Trinajstić information content (AvgIpc) is 2.85. The van der Waals surface area contributed by atoms with Crippen LogP contribution in [0, 0.1) is 0 Å². The lowest BCUT2D eigenvalue weighted by Gasteiger charge is -2.01. The zero-order valence-electron chi connectivity index (χ0n) is 8.55. The molecule has 2 heterocycles. The van der Waals surface area contributed by atoms with Gasteiger partial charge < -0.3 is 10.1 Å². The van der Waals surface area contributed by atoms with Gasteiger partial charge in [-0.25, -0.2) is 0 Å². The molecular weight excluding hydrogens is 178 g/mol. The summed E-state index contributed by atoms with van der Waals surface area (Å²) < 4.78 is 5.33. The molecule has 1 aromatic heterocycles. The van der Waals surface area contributed by atoms with E-state index < -0.39 is 0 Å². The Morgan fingerprint density at radius 3 is 3.36 bits per heavy atom. The number of nitrogens with zero attached hydrogens (tertiary/aromatic N) is 1. The number of hydrogen-bond donors (Lipinski definition) is 2. The van der Waals surface area contributed by atoms with Crippen LogP contribution in [0.5, 0.6) is 0 Å². The van der Waals surface area contributed by atoms with Crippen LogP contribution in [0.25, 0.3) is 0 Å². The lowest BCUT2D eigenvalue weighted by Crippen LogP contribution is -1.99. The van der Waals surface area contributed by atoms with Gasteiger partial charge in [-0.1, -0.05) is 6.92 Å². The third kappa shape index (κ3) is 2.07. The van der Waals surface area contributed by atoms with E-state index in [4.69, 9.17) is 4.74 Å². The normalized spacial score (nSPS) is 21.4. The van der Waals surface area contributed by atoms with Gasteiger partial charge in [0.15, 0.2) is 0 Å². The maximum atomic E-state index is 5.33. The van der Waals surface area contributed by atoms with Crippen molar-refractivity contribution in [2.75, 3.05) is 25.1 Å². The van der Waals surface area contributed by atoms with Crippen molar-refractivity contribution < 1.29 is 4.74 Å². The van der Waals surface area contributed by atoms with E-state index in [9.17, 15) is 0 Å². The summed E-state index contributed by atoms with van der Waals surface area (Å²) in [5, 5.41) is 10.5. The van der Waals surface area contributed by atoms with Gasteiger partial charge in [-0.05, 0) is 12.8 Å². The van der Waals surface area contributed by atoms with Crippen LogP contribution in [0.2, 0.25) is 0 Å². The fraction of sp³-hybridized carbons (Fsp3) is 0.700. The molecule has 2 N–H and O–H groups in total. The van der Waals surface area contributed by atoms with Gasteiger partial charge >= 0.3 is 0 Å². The minimum Gasteiger partial charge on any atom is -0.381 e. The Kier molecular flexibility index (Phi) is 3.03. The lowest BCUT2D eigenvalue weighted by atomic mass is 10.1. The third-order valence-electron chi connectivity index (χ3n) is 2.52. The fourth-order valence-electron chi connectivity index (χ4n) is 1.67. The van der Waals surface area contributed by atoms with Gasteiger partial charge in [0.25, 0.3) is 0 Å². The summed E-state index contributed by atoms with van der Waals surface area (Å²) in [5.74, 6) is 1.47. The molecular formula is C10H17N3O. The van der Waals surface area contributed by atoms with Gasteiger partial charge in [0.1, 0.15) is 5.82 Å². The maximum absolute atomic E-state index is 5.33. The zero-order chi connectivity index (χ0) is 9.80. The van der Waals surface area contributed by atoms with Crippen LogP contribution in [0.15, 0.2) is 6.07 Å². The Balaban J connectivity index is 1.94. The third-order valence-corrected chi connectivity index (χ3v) is 2.52. The van der Waals surface area contributed by atoms with Crippen LogP contribution in [0.4, 0.5) is 5.82 Å². The Hall–Kier alpha value is -1.03. The van der Waals surface area contributed by atoms with Gasteiger partial charge in [0.2, 0.25) is 0 Å². The predicted octanol–water partition coefficient (Wildman–Crippen LogP) is 1.74. The van der Waals surface area contributed by atoms with Crippen LogP contribution in [-0.2, 0) is 4.74 Å². The van der Waals surface area contributed by atoms with E-state index in [0.717, 1.165) is 38.4 Å². The van der Waals surface area contributed by atoms with Crippen molar-refractivity contribution in [3.8, 4) is 0 Å². The molecule has 1 unspecified atom stereocenters. The van der Waals surface area contributed by atoms with Crippen molar-refractivity contribution in [3.05, 3.63) is 11.8 Å². The molecule has 1 aromatic rings. The van der Waals surface area contributed by atoms with E-state index in [-0.39, 0.29) is 0 Å². The first-order chi connectivity index (χ1) is 6.90. The molecule has 0 aromatic carbocycles. The largest absolute Gasteiger partial charge is 0.381 e. The Morgan fingerprint density at radius 1 is 1.71 bits per heavy atom. The molecule has 4 heteroatoms. The van der Waals surface area contributed by atoms with Crippen LogP contribution in [0.1, 0.15) is 31.4 Å². The Labute approximate surface area is 84.0 Å². The number of rotatable bonds is 4. The summed E-state index contributed by atoms with van der Waals surface area (Å²) >= 11 is 0. The minimum atomic E-state index is 0.514. The molecule has 1 fully saturated rings. The van der Waals surface area contributed by atoms with Crippen molar-refractivity contribution >= 4 is 5.82 Å². The smallest absolute Gasteiger partial charge is 0.148 e. The van der Waals surface area contributed by atoms with Crippen molar-refractivity contribution in [3.63, 3.8) is 0 Å². The highest BCUT2D eigenvalue weighted by Gasteiger charge is 2.19. The molecule has 1 aliphatic rings. The molecule has 0 saturated carbocycles. The zero-order valence-corrected chi connectivity index (χ0v) is 8.55. The molecule has 0 aliphatic carbocycles. The first-order valence-corrected chi connectivity index (χ1v) is 5.27. The molecule has 0 amide bonds. The summed E-state index contributed by atoms with van der Waals surface area (Å²) in [6, 6.07) is 2.09. The Bertz CT molecular complexity index is 279. The van der Waals surface area contributed by atoms with Crippen molar-refractivity contribution in [1.29, 1.82) is 0 Å². The van der Waals surface area contributed by atoms with Gasteiger partial charge in [-0.3, -0.25) is 5.10 Å². The summed E-state index contributed by atoms with van der Waals surface area (Å²) in [7, 11) is 0. The lowest BCUT2D eigenvalue weighted by molar-refractivity contribution is 0.193. The van der Waals surface area contributed by atoms with Crippen LogP contribution in [0.3, 0.4) is 0 Å². The van der Waals surface area contributed by atoms with Gasteiger partial charge in [0.05, 0.1) is 6.61 Å². The quantitative estimate of drug-likeness (QED) is 0.769. The monoisotopic (exact) mass is 195 g/mol. The maximum Gasteiger partial charge on any atom is 0.148 e. The minimum absolute atomic E-state index is 0.514. The molecule has 1 saturated heterocycles. The molecule has 2 rings (SSSR count). The predicted molar refractivity (Wildman–Crippen MR) is 55.5 cm³/mol. The van der Waals surface area contributed by atoms with E-state index in [0.29, 0.717) is 5.92 Å². The number of aromatic amines is 1. The van der Waals surface area contributed by atoms with Gasteiger partial charge in [-0.2, -0.15) is 5.10 Å². The molecule has 14 heavy (non-hydrogen) atoms. The first-order valence-electron chi connectivity index (χ1n) is 5.27. The topological polar surface area (TPSA) is 49.9 Å². The standard InChI is InChI=1S/C10H17N3O/c1-2-4-11-10-6-9(12-13-10)8-3-5-14-7-8/h6,8H,2-5,7H2,1H3,(H2,11,12,13). The second-order valence-corrected chi connectivity index (χ2v) is 3.70. The average molecular weight is 195 g/mol. The Morgan fingerprint density at radius 2 is 2.64 bits per heavy atom. The summed E-state index contributed by atoms with van der Waals surface area (Å²) in [4.78, 5) is 0. The van der Waals surface area contributed by atoms with Gasteiger partial charge in [-0.15, -0.1) is 0 Å². The highest BCUT2D eigenvalue weighted by molar-refractivity contribution is 5.36. The second-order valence-electron chi connectivity index (χ2n) is 3.70. The number of ether oxygens (including phenoxy) is 1. The highest BCUT2D eigenvalue weighted by atomic mass is 16.5. The summed E-state index contributed by atoms with van der Waals surface area (Å²) in [6.45, 7) is 4.83. The molecule has 1 aliphatic heterocycles. The second kappa shape index (κ2) is 4.46. The SMILES string of the molecule is CCCNc1cc(C2CCOC2)[nH]n1. The van der Waals surface area contributed by atoms with Crippen molar-refractivity contribution in [1.82, 2.24) is 10.2 Å². The van der Waals surface area contributed by atoms with Crippen molar-refractivity contribution in [2.24, 2.45) is 0 Å². The van der Waals surface area contributed by atoms with Crippen LogP contribution >= 0.6 is 0 Å². The number of aromatic nitrogens is 2. The molecule has 0 radical (unpaired) electrons. The highest BCUT2D eigenvalue weighted by Crippen LogP contribution is 2.24. The van der Waals surface area contributed by atoms with E-state index in [1.165, 1.54) is 5.69 Å². The van der Waals surface area contributed by atoms with E-state index >= 15 is 0 Å². The summed E-state index contributed by atoms with van der Waals surface area (Å²) in [5.41, 5.74) is 1.20.